The zero-order chi connectivity index (χ0) is 22.9. The van der Waals surface area contributed by atoms with Crippen LogP contribution in [0.15, 0.2) is 52.9 Å². The van der Waals surface area contributed by atoms with E-state index in [1.54, 1.807) is 39.0 Å². The normalized spacial score (nSPS) is 23.1. The Labute approximate surface area is 188 Å². The molecule has 0 aromatic heterocycles. The minimum Gasteiger partial charge on any atom is -0.457 e. The number of halogens is 1. The third-order valence-electron chi connectivity index (χ3n) is 5.89. The van der Waals surface area contributed by atoms with Gasteiger partial charge in [0.2, 0.25) is 0 Å². The van der Waals surface area contributed by atoms with Gasteiger partial charge in [0.25, 0.3) is 10.0 Å². The summed E-state index contributed by atoms with van der Waals surface area (Å²) in [5.41, 5.74) is 1.01. The third kappa shape index (κ3) is 4.59. The second-order valence-electron chi connectivity index (χ2n) is 8.71. The quantitative estimate of drug-likeness (QED) is 0.730. The number of nitrogens with one attached hydrogen (secondary N) is 2. The number of sulfonamides is 1. The van der Waals surface area contributed by atoms with Crippen LogP contribution >= 0.6 is 0 Å². The van der Waals surface area contributed by atoms with Crippen LogP contribution in [0.3, 0.4) is 0 Å². The number of rotatable bonds is 4. The van der Waals surface area contributed by atoms with E-state index in [0.29, 0.717) is 11.1 Å². The van der Waals surface area contributed by atoms with Crippen LogP contribution in [0.1, 0.15) is 43.2 Å². The Kier molecular flexibility index (Phi) is 6.13. The van der Waals surface area contributed by atoms with E-state index in [9.17, 15) is 12.8 Å². The smallest absolute Gasteiger partial charge is 0.301 e. The zero-order valence-electron chi connectivity index (χ0n) is 18.5. The molecule has 0 amide bonds. The number of nitrogens with zero attached hydrogens (tertiary/aromatic N) is 2. The lowest BCUT2D eigenvalue weighted by molar-refractivity contribution is 0.0768. The first-order valence-electron chi connectivity index (χ1n) is 10.8. The highest BCUT2D eigenvalue weighted by atomic mass is 32.2. The van der Waals surface area contributed by atoms with Crippen molar-refractivity contribution in [1.82, 2.24) is 10.6 Å². The second-order valence-corrected chi connectivity index (χ2v) is 10.4. The predicted molar refractivity (Wildman–Crippen MR) is 124 cm³/mol. The summed E-state index contributed by atoms with van der Waals surface area (Å²) >= 11 is 0. The Morgan fingerprint density at radius 2 is 1.81 bits per heavy atom. The number of amidine groups is 1. The van der Waals surface area contributed by atoms with Crippen molar-refractivity contribution < 1.29 is 17.5 Å². The van der Waals surface area contributed by atoms with Gasteiger partial charge in [-0.3, -0.25) is 0 Å². The fraction of sp³-hybridized carbons (Fsp3) is 0.435. The zero-order valence-corrected chi connectivity index (χ0v) is 19.3. The fourth-order valence-electron chi connectivity index (χ4n) is 4.35. The van der Waals surface area contributed by atoms with Gasteiger partial charge < -0.3 is 20.3 Å². The summed E-state index contributed by atoms with van der Waals surface area (Å²) in [5.74, 6) is -0.381. The van der Waals surface area contributed by atoms with Crippen molar-refractivity contribution in [3.8, 4) is 0 Å². The van der Waals surface area contributed by atoms with Gasteiger partial charge in [-0.15, -0.1) is 4.40 Å². The lowest BCUT2D eigenvalue weighted by Gasteiger charge is -2.38. The van der Waals surface area contributed by atoms with Crippen LogP contribution < -0.4 is 15.5 Å². The van der Waals surface area contributed by atoms with E-state index in [4.69, 9.17) is 4.74 Å². The molecular weight excluding hydrogens is 431 g/mol. The molecule has 0 bridgehead atoms. The molecule has 0 spiro atoms. The van der Waals surface area contributed by atoms with Crippen molar-refractivity contribution in [2.24, 2.45) is 4.40 Å². The predicted octanol–water partition coefficient (Wildman–Crippen LogP) is 3.12. The minimum atomic E-state index is -3.93. The molecular formula is C23H29FN4O3S. The Balaban J connectivity index is 1.57. The van der Waals surface area contributed by atoms with E-state index in [2.05, 4.69) is 19.9 Å². The number of piperazine rings is 1. The van der Waals surface area contributed by atoms with E-state index in [1.165, 1.54) is 6.07 Å². The van der Waals surface area contributed by atoms with Crippen molar-refractivity contribution in [3.05, 3.63) is 65.5 Å². The maximum Gasteiger partial charge on any atom is 0.301 e. The van der Waals surface area contributed by atoms with Gasteiger partial charge in [-0.05, 0) is 44.5 Å². The van der Waals surface area contributed by atoms with Crippen LogP contribution in [0.25, 0.3) is 0 Å². The van der Waals surface area contributed by atoms with Gasteiger partial charge in [0.1, 0.15) is 16.7 Å². The molecule has 0 saturated carbocycles. The SMILES string of the molecule is C[C@H](NC1=NS(=O)(=O)C(c2ccc(N3CCNCC3)cc2)C(C)(C)O1)c1ccccc1F. The molecule has 2 aliphatic heterocycles. The number of anilines is 1. The van der Waals surface area contributed by atoms with E-state index in [1.807, 2.05) is 24.3 Å². The first-order chi connectivity index (χ1) is 15.2. The number of benzene rings is 2. The van der Waals surface area contributed by atoms with E-state index in [-0.39, 0.29) is 11.8 Å². The highest BCUT2D eigenvalue weighted by molar-refractivity contribution is 7.90. The summed E-state index contributed by atoms with van der Waals surface area (Å²) in [6.45, 7) is 8.85. The molecule has 0 aliphatic carbocycles. The summed E-state index contributed by atoms with van der Waals surface area (Å²) in [7, 11) is -3.93. The molecule has 1 fully saturated rings. The lowest BCUT2D eigenvalue weighted by Crippen LogP contribution is -2.47. The molecule has 9 heteroatoms. The molecule has 1 saturated heterocycles. The fourth-order valence-corrected chi connectivity index (χ4v) is 6.04. The Morgan fingerprint density at radius 3 is 2.44 bits per heavy atom. The van der Waals surface area contributed by atoms with Crippen LogP contribution in [0.4, 0.5) is 10.1 Å². The average molecular weight is 461 g/mol. The molecule has 2 aromatic carbocycles. The Bertz CT molecular complexity index is 1100. The number of ether oxygens (including phenoxy) is 1. The molecule has 2 aromatic rings. The summed E-state index contributed by atoms with van der Waals surface area (Å²) in [6.07, 6.45) is 0. The van der Waals surface area contributed by atoms with E-state index < -0.39 is 26.9 Å². The van der Waals surface area contributed by atoms with Crippen molar-refractivity contribution in [1.29, 1.82) is 0 Å². The molecule has 4 rings (SSSR count). The molecule has 1 unspecified atom stereocenters. The molecule has 32 heavy (non-hydrogen) atoms. The molecule has 172 valence electrons. The Hall–Kier alpha value is -2.65. The first-order valence-corrected chi connectivity index (χ1v) is 12.3. The van der Waals surface area contributed by atoms with Gasteiger partial charge in [-0.1, -0.05) is 30.3 Å². The number of hydrogen-bond donors (Lipinski definition) is 2. The average Bonchev–Trinajstić information content (AvgIpc) is 2.73. The lowest BCUT2D eigenvalue weighted by atomic mass is 9.97. The van der Waals surface area contributed by atoms with Gasteiger partial charge in [-0.2, -0.15) is 0 Å². The Morgan fingerprint density at radius 1 is 1.16 bits per heavy atom. The van der Waals surface area contributed by atoms with Crippen molar-refractivity contribution in [2.75, 3.05) is 31.1 Å². The largest absolute Gasteiger partial charge is 0.457 e. The van der Waals surface area contributed by atoms with Crippen LogP contribution in [0, 0.1) is 5.82 Å². The van der Waals surface area contributed by atoms with Crippen molar-refractivity contribution >= 4 is 21.7 Å². The monoisotopic (exact) mass is 460 g/mol. The van der Waals surface area contributed by atoms with Crippen LogP contribution in [-0.2, 0) is 14.8 Å². The summed E-state index contributed by atoms with van der Waals surface area (Å²) in [5, 5.41) is 5.27. The standard InChI is InChI=1S/C23H29FN4O3S/c1-16(19-6-4-5-7-20(19)24)26-22-27-32(29,30)21(23(2,3)31-22)17-8-10-18(11-9-17)28-14-12-25-13-15-28/h4-11,16,21,25H,12-15H2,1-3H3,(H,26,27)/t16-,21?/m0/s1. The van der Waals surface area contributed by atoms with Crippen molar-refractivity contribution in [2.45, 2.75) is 37.7 Å². The van der Waals surface area contributed by atoms with Gasteiger partial charge in [0.15, 0.2) is 0 Å². The van der Waals surface area contributed by atoms with Gasteiger partial charge in [-0.25, -0.2) is 12.8 Å². The maximum absolute atomic E-state index is 14.1. The molecule has 7 nitrogen and oxygen atoms in total. The van der Waals surface area contributed by atoms with E-state index >= 15 is 0 Å². The molecule has 2 atom stereocenters. The third-order valence-corrected chi connectivity index (χ3v) is 7.74. The minimum absolute atomic E-state index is 0.126. The highest BCUT2D eigenvalue weighted by Crippen LogP contribution is 2.40. The molecule has 2 heterocycles. The molecule has 2 N–H and O–H groups in total. The van der Waals surface area contributed by atoms with Gasteiger partial charge >= 0.3 is 6.02 Å². The van der Waals surface area contributed by atoms with Gasteiger partial charge in [0.05, 0.1) is 6.04 Å². The van der Waals surface area contributed by atoms with Gasteiger partial charge in [0, 0.05) is 37.4 Å². The highest BCUT2D eigenvalue weighted by Gasteiger charge is 2.47. The van der Waals surface area contributed by atoms with Crippen LogP contribution in [0.5, 0.6) is 0 Å². The first kappa shape index (κ1) is 22.5. The summed E-state index contributed by atoms with van der Waals surface area (Å²) in [4.78, 5) is 2.27. The van der Waals surface area contributed by atoms with Crippen molar-refractivity contribution in [3.63, 3.8) is 0 Å². The van der Waals surface area contributed by atoms with E-state index in [0.717, 1.165) is 31.9 Å². The number of hydrogen-bond acceptors (Lipinski definition) is 6. The molecule has 2 aliphatic rings. The summed E-state index contributed by atoms with van der Waals surface area (Å²) < 4.78 is 50.3. The summed E-state index contributed by atoms with van der Waals surface area (Å²) in [6, 6.07) is 13.2. The van der Waals surface area contributed by atoms with Crippen LogP contribution in [-0.4, -0.2) is 46.2 Å². The second kappa shape index (κ2) is 8.71. The van der Waals surface area contributed by atoms with Crippen LogP contribution in [0.2, 0.25) is 0 Å². The maximum atomic E-state index is 14.1. The molecule has 0 radical (unpaired) electrons. The topological polar surface area (TPSA) is 83.0 Å².